The van der Waals surface area contributed by atoms with Gasteiger partial charge in [-0.2, -0.15) is 0 Å². The lowest BCUT2D eigenvalue weighted by Gasteiger charge is -2.23. The first-order valence-corrected chi connectivity index (χ1v) is 7.40. The molecule has 2 amide bonds. The Balaban J connectivity index is 2.90. The standard InChI is InChI=1S/C15H21ClFN3O3/c1-8(13(18)21)20-11-6-9(16)4-5-10(11)14(22)19-7-12(17)15(2,3)23/h4-6,8,12,20,23H,7H2,1-3H3,(H2,18,21)(H,19,22)/t8-,12-/m1/s1. The van der Waals surface area contributed by atoms with E-state index in [4.69, 9.17) is 17.3 Å². The van der Waals surface area contributed by atoms with Crippen LogP contribution in [0.15, 0.2) is 18.2 Å². The summed E-state index contributed by atoms with van der Waals surface area (Å²) in [6.07, 6.45) is -1.63. The number of rotatable bonds is 7. The third-order valence-electron chi connectivity index (χ3n) is 3.23. The van der Waals surface area contributed by atoms with E-state index in [1.54, 1.807) is 0 Å². The molecule has 1 aromatic rings. The van der Waals surface area contributed by atoms with E-state index in [0.29, 0.717) is 10.7 Å². The summed E-state index contributed by atoms with van der Waals surface area (Å²) in [5.74, 6) is -1.16. The van der Waals surface area contributed by atoms with Gasteiger partial charge in [0, 0.05) is 10.7 Å². The molecular weight excluding hydrogens is 325 g/mol. The SMILES string of the molecule is C[C@@H](Nc1cc(Cl)ccc1C(=O)NC[C@@H](F)C(C)(C)O)C(N)=O. The van der Waals surface area contributed by atoms with Gasteiger partial charge in [0.15, 0.2) is 0 Å². The maximum atomic E-state index is 13.7. The highest BCUT2D eigenvalue weighted by atomic mass is 35.5. The second-order valence-electron chi connectivity index (χ2n) is 5.79. The van der Waals surface area contributed by atoms with Crippen molar-refractivity contribution in [2.75, 3.05) is 11.9 Å². The number of amides is 2. The highest BCUT2D eigenvalue weighted by Crippen LogP contribution is 2.22. The minimum absolute atomic E-state index is 0.186. The van der Waals surface area contributed by atoms with Crippen molar-refractivity contribution >= 4 is 29.1 Å². The first-order chi connectivity index (χ1) is 10.5. The first-order valence-electron chi connectivity index (χ1n) is 7.02. The fourth-order valence-corrected chi connectivity index (χ4v) is 1.84. The topological polar surface area (TPSA) is 104 Å². The van der Waals surface area contributed by atoms with Crippen LogP contribution in [0.1, 0.15) is 31.1 Å². The summed E-state index contributed by atoms with van der Waals surface area (Å²) in [5, 5.41) is 15.1. The number of nitrogens with two attached hydrogens (primary N) is 1. The van der Waals surface area contributed by atoms with Crippen LogP contribution >= 0.6 is 11.6 Å². The predicted molar refractivity (Wildman–Crippen MR) is 87.3 cm³/mol. The lowest BCUT2D eigenvalue weighted by Crippen LogP contribution is -2.42. The number of primary amides is 1. The maximum absolute atomic E-state index is 13.7. The van der Waals surface area contributed by atoms with Crippen LogP contribution in [0.25, 0.3) is 0 Å². The maximum Gasteiger partial charge on any atom is 0.253 e. The number of benzene rings is 1. The molecule has 128 valence electrons. The number of halogens is 2. The number of carbonyl (C=O) groups is 2. The van der Waals surface area contributed by atoms with Crippen LogP contribution in [-0.4, -0.2) is 41.3 Å². The molecule has 2 atom stereocenters. The highest BCUT2D eigenvalue weighted by molar-refractivity contribution is 6.31. The number of alkyl halides is 1. The average molecular weight is 346 g/mol. The molecule has 0 fully saturated rings. The van der Waals surface area contributed by atoms with Gasteiger partial charge in [0.1, 0.15) is 12.2 Å². The first kappa shape index (κ1) is 19.2. The quantitative estimate of drug-likeness (QED) is 0.600. The van der Waals surface area contributed by atoms with Gasteiger partial charge in [-0.25, -0.2) is 4.39 Å². The molecule has 0 aromatic heterocycles. The lowest BCUT2D eigenvalue weighted by atomic mass is 10.0. The molecule has 23 heavy (non-hydrogen) atoms. The minimum atomic E-state index is -1.63. The monoisotopic (exact) mass is 345 g/mol. The Morgan fingerprint density at radius 1 is 1.43 bits per heavy atom. The molecule has 0 aliphatic heterocycles. The van der Waals surface area contributed by atoms with Crippen LogP contribution in [0.3, 0.4) is 0 Å². The van der Waals surface area contributed by atoms with E-state index < -0.39 is 29.6 Å². The Hall–Kier alpha value is -1.86. The third-order valence-corrected chi connectivity index (χ3v) is 3.47. The van der Waals surface area contributed by atoms with Crippen molar-refractivity contribution in [1.82, 2.24) is 5.32 Å². The number of hydrogen-bond acceptors (Lipinski definition) is 4. The molecule has 1 rings (SSSR count). The third kappa shape index (κ3) is 5.69. The van der Waals surface area contributed by atoms with Gasteiger partial charge in [0.2, 0.25) is 5.91 Å². The van der Waals surface area contributed by atoms with Gasteiger partial charge in [-0.1, -0.05) is 11.6 Å². The van der Waals surface area contributed by atoms with Gasteiger partial charge in [0.05, 0.1) is 17.7 Å². The number of aliphatic hydroxyl groups is 1. The van der Waals surface area contributed by atoms with Crippen molar-refractivity contribution in [2.45, 2.75) is 38.6 Å². The Morgan fingerprint density at radius 3 is 2.57 bits per heavy atom. The molecule has 6 nitrogen and oxygen atoms in total. The van der Waals surface area contributed by atoms with E-state index in [2.05, 4.69) is 10.6 Å². The van der Waals surface area contributed by atoms with Crippen molar-refractivity contribution in [3.63, 3.8) is 0 Å². The summed E-state index contributed by atoms with van der Waals surface area (Å²) in [5.41, 5.74) is 4.11. The minimum Gasteiger partial charge on any atom is -0.387 e. The van der Waals surface area contributed by atoms with Gasteiger partial charge >= 0.3 is 0 Å². The van der Waals surface area contributed by atoms with E-state index in [1.807, 2.05) is 0 Å². The summed E-state index contributed by atoms with van der Waals surface area (Å²) < 4.78 is 13.7. The van der Waals surface area contributed by atoms with Crippen molar-refractivity contribution < 1.29 is 19.1 Å². The van der Waals surface area contributed by atoms with Crippen LogP contribution in [0.2, 0.25) is 5.02 Å². The molecule has 0 heterocycles. The summed E-state index contributed by atoms with van der Waals surface area (Å²) >= 11 is 5.89. The molecule has 5 N–H and O–H groups in total. The lowest BCUT2D eigenvalue weighted by molar-refractivity contribution is -0.118. The Labute approximate surface area is 139 Å². The van der Waals surface area contributed by atoms with Gasteiger partial charge in [-0.15, -0.1) is 0 Å². The van der Waals surface area contributed by atoms with E-state index in [9.17, 15) is 19.1 Å². The van der Waals surface area contributed by atoms with E-state index in [1.165, 1.54) is 39.0 Å². The van der Waals surface area contributed by atoms with Crippen molar-refractivity contribution in [3.8, 4) is 0 Å². The van der Waals surface area contributed by atoms with Gasteiger partial charge in [-0.3, -0.25) is 9.59 Å². The van der Waals surface area contributed by atoms with E-state index >= 15 is 0 Å². The van der Waals surface area contributed by atoms with Crippen LogP contribution in [-0.2, 0) is 4.79 Å². The highest BCUT2D eigenvalue weighted by Gasteiger charge is 2.27. The molecule has 0 aliphatic rings. The van der Waals surface area contributed by atoms with Gasteiger partial charge in [-0.05, 0) is 39.0 Å². The number of nitrogens with one attached hydrogen (secondary N) is 2. The molecule has 1 aromatic carbocycles. The molecule has 0 bridgehead atoms. The number of anilines is 1. The van der Waals surface area contributed by atoms with Gasteiger partial charge < -0.3 is 21.5 Å². The van der Waals surface area contributed by atoms with E-state index in [-0.39, 0.29) is 12.1 Å². The van der Waals surface area contributed by atoms with Crippen molar-refractivity contribution in [1.29, 1.82) is 0 Å². The molecule has 0 aliphatic carbocycles. The molecule has 0 spiro atoms. The van der Waals surface area contributed by atoms with Crippen molar-refractivity contribution in [2.24, 2.45) is 5.73 Å². The van der Waals surface area contributed by atoms with Crippen molar-refractivity contribution in [3.05, 3.63) is 28.8 Å². The molecule has 0 saturated heterocycles. The Kier molecular flexibility index (Phi) is 6.35. The number of carbonyl (C=O) groups excluding carboxylic acids is 2. The zero-order valence-corrected chi connectivity index (χ0v) is 13.9. The molecule has 8 heteroatoms. The fraction of sp³-hybridized carbons (Fsp3) is 0.467. The average Bonchev–Trinajstić information content (AvgIpc) is 2.43. The largest absolute Gasteiger partial charge is 0.387 e. The summed E-state index contributed by atoms with van der Waals surface area (Å²) in [4.78, 5) is 23.3. The Bertz CT molecular complexity index is 590. The number of hydrogen-bond donors (Lipinski definition) is 4. The second kappa shape index (κ2) is 7.61. The Morgan fingerprint density at radius 2 is 2.04 bits per heavy atom. The summed E-state index contributed by atoms with van der Waals surface area (Å²) in [6.45, 7) is 3.81. The van der Waals surface area contributed by atoms with Crippen LogP contribution in [0, 0.1) is 0 Å². The zero-order valence-electron chi connectivity index (χ0n) is 13.2. The zero-order chi connectivity index (χ0) is 17.8. The second-order valence-corrected chi connectivity index (χ2v) is 6.23. The van der Waals surface area contributed by atoms with Crippen LogP contribution < -0.4 is 16.4 Å². The predicted octanol–water partition coefficient (Wildman–Crippen LogP) is 1.46. The molecule has 0 unspecified atom stereocenters. The summed E-state index contributed by atoms with van der Waals surface area (Å²) in [7, 11) is 0. The smallest absolute Gasteiger partial charge is 0.253 e. The van der Waals surface area contributed by atoms with E-state index in [0.717, 1.165) is 0 Å². The van der Waals surface area contributed by atoms with Gasteiger partial charge in [0.25, 0.3) is 5.91 Å². The normalized spacial score (nSPS) is 14.0. The van der Waals surface area contributed by atoms with Crippen LogP contribution in [0.5, 0.6) is 0 Å². The van der Waals surface area contributed by atoms with Crippen LogP contribution in [0.4, 0.5) is 10.1 Å². The summed E-state index contributed by atoms with van der Waals surface area (Å²) in [6, 6.07) is 3.70. The molecule has 0 saturated carbocycles. The molecular formula is C15H21ClFN3O3. The fourth-order valence-electron chi connectivity index (χ4n) is 1.67. The molecule has 0 radical (unpaired) electrons.